The number of fused-ring (bicyclic) bond motifs is 1. The van der Waals surface area contributed by atoms with Crippen LogP contribution in [0.5, 0.6) is 5.75 Å². The number of carboxylic acid groups (broad SMARTS) is 1. The summed E-state index contributed by atoms with van der Waals surface area (Å²) in [7, 11) is -3.94. The van der Waals surface area contributed by atoms with Crippen molar-refractivity contribution in [1.82, 2.24) is 24.6 Å². The van der Waals surface area contributed by atoms with E-state index in [1.807, 2.05) is 10.8 Å². The topological polar surface area (TPSA) is 154 Å². The van der Waals surface area contributed by atoms with Crippen LogP contribution in [0.15, 0.2) is 40.1 Å². The second-order valence-corrected chi connectivity index (χ2v) is 11.3. The largest absolute Gasteiger partial charge is 0.480 e. The van der Waals surface area contributed by atoms with E-state index in [0.29, 0.717) is 16.9 Å². The molecule has 1 aliphatic carbocycles. The SMILES string of the molecule is CSc1nc(N)nc2c1ncn2[C@H]1C[C@@H](COP(=O)(NC(C)C(=O)O)Oc2ccc(Br)cc2)C1. The van der Waals surface area contributed by atoms with Crippen LogP contribution in [0.1, 0.15) is 25.8 Å². The van der Waals surface area contributed by atoms with Crippen LogP contribution < -0.4 is 15.3 Å². The molecule has 0 amide bonds. The van der Waals surface area contributed by atoms with E-state index in [1.54, 1.807) is 30.6 Å². The molecule has 1 aliphatic rings. The van der Waals surface area contributed by atoms with Crippen molar-refractivity contribution >= 4 is 58.5 Å². The lowest BCUT2D eigenvalue weighted by molar-refractivity contribution is -0.138. The van der Waals surface area contributed by atoms with Gasteiger partial charge in [0.1, 0.15) is 22.3 Å². The van der Waals surface area contributed by atoms with Crippen LogP contribution in [0.3, 0.4) is 0 Å². The van der Waals surface area contributed by atoms with E-state index in [2.05, 4.69) is 36.0 Å². The molecule has 4 N–H and O–H groups in total. The van der Waals surface area contributed by atoms with Crippen LogP contribution >= 0.6 is 35.4 Å². The van der Waals surface area contributed by atoms with Gasteiger partial charge >= 0.3 is 13.7 Å². The number of carboxylic acids is 1. The molecule has 2 unspecified atom stereocenters. The first-order chi connectivity index (χ1) is 16.2. The number of benzene rings is 1. The lowest BCUT2D eigenvalue weighted by atomic mass is 9.81. The number of imidazole rings is 1. The molecule has 1 aromatic carbocycles. The molecule has 3 aromatic rings. The molecule has 11 nitrogen and oxygen atoms in total. The molecule has 0 aliphatic heterocycles. The number of halogens is 1. The molecular weight excluding hydrogens is 547 g/mol. The number of nitrogens with two attached hydrogens (primary N) is 1. The molecule has 2 aromatic heterocycles. The summed E-state index contributed by atoms with van der Waals surface area (Å²) in [6.45, 7) is 1.52. The first-order valence-corrected chi connectivity index (χ1v) is 14.0. The summed E-state index contributed by atoms with van der Waals surface area (Å²) < 4.78 is 27.4. The minimum absolute atomic E-state index is 0.102. The minimum atomic E-state index is -3.94. The Balaban J connectivity index is 1.41. The van der Waals surface area contributed by atoms with Crippen molar-refractivity contribution in [3.8, 4) is 5.75 Å². The van der Waals surface area contributed by atoms with Gasteiger partial charge in [0.2, 0.25) is 5.95 Å². The van der Waals surface area contributed by atoms with Crippen LogP contribution in [0.25, 0.3) is 11.2 Å². The van der Waals surface area contributed by atoms with Gasteiger partial charge in [0, 0.05) is 10.5 Å². The van der Waals surface area contributed by atoms with Crippen LogP contribution in [-0.2, 0) is 13.9 Å². The Kier molecular flexibility index (Phi) is 7.48. The summed E-state index contributed by atoms with van der Waals surface area (Å²) >= 11 is 4.79. The van der Waals surface area contributed by atoms with Crippen LogP contribution in [0.2, 0.25) is 0 Å². The molecule has 2 atom stereocenters. The average Bonchev–Trinajstić information content (AvgIpc) is 3.17. The fourth-order valence-electron chi connectivity index (χ4n) is 3.60. The third-order valence-electron chi connectivity index (χ3n) is 5.45. The molecule has 14 heteroatoms. The monoisotopic (exact) mass is 570 g/mol. The fourth-order valence-corrected chi connectivity index (χ4v) is 5.96. The molecule has 2 heterocycles. The summed E-state index contributed by atoms with van der Waals surface area (Å²) in [5, 5.41) is 12.5. The molecular formula is C20H24BrN6O5PS. The third-order valence-corrected chi connectivity index (χ3v) is 8.29. The highest BCUT2D eigenvalue weighted by Gasteiger charge is 2.37. The van der Waals surface area contributed by atoms with Crippen molar-refractivity contribution in [2.45, 2.75) is 36.9 Å². The van der Waals surface area contributed by atoms with Gasteiger partial charge in [-0.25, -0.2) is 14.5 Å². The van der Waals surface area contributed by atoms with E-state index in [-0.39, 0.29) is 24.5 Å². The van der Waals surface area contributed by atoms with Gasteiger partial charge in [0.05, 0.1) is 12.9 Å². The number of nitrogen functional groups attached to an aromatic ring is 1. The fraction of sp³-hybridized carbons (Fsp3) is 0.400. The molecule has 0 spiro atoms. The van der Waals surface area contributed by atoms with E-state index in [0.717, 1.165) is 22.3 Å². The Labute approximate surface area is 208 Å². The number of hydrogen-bond acceptors (Lipinski definition) is 9. The van der Waals surface area contributed by atoms with E-state index in [4.69, 9.17) is 14.8 Å². The van der Waals surface area contributed by atoms with Gasteiger partial charge in [-0.15, -0.1) is 11.8 Å². The number of hydrogen-bond donors (Lipinski definition) is 3. The van der Waals surface area contributed by atoms with Crippen molar-refractivity contribution in [3.63, 3.8) is 0 Å². The zero-order valence-corrected chi connectivity index (χ0v) is 21.7. The molecule has 4 rings (SSSR count). The van der Waals surface area contributed by atoms with E-state index in [9.17, 15) is 14.5 Å². The highest BCUT2D eigenvalue weighted by atomic mass is 79.9. The minimum Gasteiger partial charge on any atom is -0.480 e. The molecule has 0 saturated heterocycles. The van der Waals surface area contributed by atoms with Gasteiger partial charge in [-0.3, -0.25) is 9.32 Å². The van der Waals surface area contributed by atoms with Crippen LogP contribution in [0, 0.1) is 5.92 Å². The Hall–Kier alpha value is -2.18. The predicted octanol–water partition coefficient (Wildman–Crippen LogP) is 4.11. The Bertz CT molecular complexity index is 1240. The Morgan fingerprint density at radius 2 is 2.09 bits per heavy atom. The number of rotatable bonds is 10. The maximum atomic E-state index is 13.3. The second-order valence-electron chi connectivity index (χ2n) is 7.93. The van der Waals surface area contributed by atoms with Crippen LogP contribution in [-0.4, -0.2) is 49.5 Å². The maximum Gasteiger partial charge on any atom is 0.459 e. The highest BCUT2D eigenvalue weighted by Crippen LogP contribution is 2.48. The first kappa shape index (κ1) is 24.9. The summed E-state index contributed by atoms with van der Waals surface area (Å²) in [5.74, 6) is -0.562. The average molecular weight is 571 g/mol. The zero-order chi connectivity index (χ0) is 24.5. The maximum absolute atomic E-state index is 13.3. The second kappa shape index (κ2) is 10.2. The molecule has 0 radical (unpaired) electrons. The molecule has 1 saturated carbocycles. The van der Waals surface area contributed by atoms with Gasteiger partial charge < -0.3 is 19.9 Å². The third kappa shape index (κ3) is 5.55. The highest BCUT2D eigenvalue weighted by molar-refractivity contribution is 9.10. The van der Waals surface area contributed by atoms with Gasteiger partial charge in [0.15, 0.2) is 5.65 Å². The smallest absolute Gasteiger partial charge is 0.459 e. The molecule has 0 bridgehead atoms. The van der Waals surface area contributed by atoms with Gasteiger partial charge in [-0.05, 0) is 56.2 Å². The van der Waals surface area contributed by atoms with Crippen molar-refractivity contribution in [3.05, 3.63) is 35.1 Å². The van der Waals surface area contributed by atoms with Crippen molar-refractivity contribution in [2.24, 2.45) is 5.92 Å². The first-order valence-electron chi connectivity index (χ1n) is 10.4. The molecule has 34 heavy (non-hydrogen) atoms. The number of aliphatic carboxylic acids is 1. The van der Waals surface area contributed by atoms with E-state index in [1.165, 1.54) is 18.7 Å². The Morgan fingerprint density at radius 1 is 1.38 bits per heavy atom. The standard InChI is InChI=1S/C20H24BrN6O5PS/c1-11(19(28)29)26-33(30,32-15-5-3-13(21)4-6-15)31-9-12-7-14(8-12)27-10-23-16-17(27)24-20(22)25-18(16)34-2/h3-6,10-12,14H,7-9H2,1-2H3,(H,26,30)(H,28,29)(H2,22,24,25)/t11?,12-,14+,33?. The number of nitrogens with zero attached hydrogens (tertiary/aromatic N) is 4. The zero-order valence-electron chi connectivity index (χ0n) is 18.4. The quantitative estimate of drug-likeness (QED) is 0.183. The predicted molar refractivity (Wildman–Crippen MR) is 132 cm³/mol. The summed E-state index contributed by atoms with van der Waals surface area (Å²) in [6, 6.07) is 5.71. The van der Waals surface area contributed by atoms with Crippen LogP contribution in [0.4, 0.5) is 5.95 Å². The summed E-state index contributed by atoms with van der Waals surface area (Å²) in [5.41, 5.74) is 7.24. The Morgan fingerprint density at radius 3 is 2.74 bits per heavy atom. The normalized spacial score (nSPS) is 20.4. The number of anilines is 1. The lowest BCUT2D eigenvalue weighted by Gasteiger charge is -2.36. The van der Waals surface area contributed by atoms with Gasteiger partial charge in [-0.2, -0.15) is 10.1 Å². The molecule has 182 valence electrons. The van der Waals surface area contributed by atoms with E-state index < -0.39 is 19.8 Å². The lowest BCUT2D eigenvalue weighted by Crippen LogP contribution is -2.35. The number of nitrogens with one attached hydrogen (secondary N) is 1. The van der Waals surface area contributed by atoms with Crippen molar-refractivity contribution < 1.29 is 23.5 Å². The summed E-state index contributed by atoms with van der Waals surface area (Å²) in [4.78, 5) is 24.3. The molecule has 1 fully saturated rings. The van der Waals surface area contributed by atoms with E-state index >= 15 is 0 Å². The summed E-state index contributed by atoms with van der Waals surface area (Å²) in [6.07, 6.45) is 5.14. The van der Waals surface area contributed by atoms with Gasteiger partial charge in [0.25, 0.3) is 0 Å². The number of carbonyl (C=O) groups is 1. The van der Waals surface area contributed by atoms with Gasteiger partial charge in [-0.1, -0.05) is 15.9 Å². The number of thioether (sulfide) groups is 1. The van der Waals surface area contributed by atoms with Crippen molar-refractivity contribution in [2.75, 3.05) is 18.6 Å². The number of aromatic nitrogens is 4. The van der Waals surface area contributed by atoms with Crippen molar-refractivity contribution in [1.29, 1.82) is 0 Å².